The first-order valence-electron chi connectivity index (χ1n) is 4.95. The minimum atomic E-state index is -4.08. The van der Waals surface area contributed by atoms with Crippen LogP contribution in [0.25, 0.3) is 0 Å². The molecule has 1 aromatic heterocycles. The fourth-order valence-corrected chi connectivity index (χ4v) is 2.61. The molecule has 100 valence electrons. The van der Waals surface area contributed by atoms with Gasteiger partial charge < -0.3 is 5.73 Å². The van der Waals surface area contributed by atoms with E-state index in [-0.39, 0.29) is 11.4 Å². The van der Waals surface area contributed by atoms with Gasteiger partial charge in [-0.25, -0.2) is 8.42 Å². The second-order valence-electron chi connectivity index (χ2n) is 3.58. The average Bonchev–Trinajstić information content (AvgIpc) is 2.80. The fourth-order valence-electron chi connectivity index (χ4n) is 1.42. The molecule has 9 nitrogen and oxygen atoms in total. The molecule has 1 aromatic carbocycles. The van der Waals surface area contributed by atoms with Gasteiger partial charge in [0.15, 0.2) is 4.90 Å². The molecule has 0 aliphatic rings. The first-order valence-corrected chi connectivity index (χ1v) is 6.44. The van der Waals surface area contributed by atoms with E-state index in [4.69, 9.17) is 5.73 Å². The topological polar surface area (TPSA) is 144 Å². The number of rotatable bonds is 4. The number of benzene rings is 1. The summed E-state index contributed by atoms with van der Waals surface area (Å²) in [6.07, 6.45) is 2.54. The van der Waals surface area contributed by atoms with Crippen molar-refractivity contribution < 1.29 is 13.3 Å². The van der Waals surface area contributed by atoms with E-state index < -0.39 is 25.5 Å². The van der Waals surface area contributed by atoms with Gasteiger partial charge in [-0.2, -0.15) is 5.10 Å². The predicted molar refractivity (Wildman–Crippen MR) is 66.9 cm³/mol. The van der Waals surface area contributed by atoms with Crippen LogP contribution in [0.5, 0.6) is 0 Å². The minimum Gasteiger partial charge on any atom is -0.399 e. The second-order valence-corrected chi connectivity index (χ2v) is 5.23. The largest absolute Gasteiger partial charge is 0.399 e. The van der Waals surface area contributed by atoms with Crippen molar-refractivity contribution in [1.29, 1.82) is 0 Å². The van der Waals surface area contributed by atoms with Crippen LogP contribution in [-0.2, 0) is 10.0 Å². The summed E-state index contributed by atoms with van der Waals surface area (Å²) in [4.78, 5) is 9.59. The maximum Gasteiger partial charge on any atom is 0.291 e. The molecule has 0 fully saturated rings. The Balaban J connectivity index is 2.49. The summed E-state index contributed by atoms with van der Waals surface area (Å²) in [5.41, 5.74) is 5.10. The van der Waals surface area contributed by atoms with Crippen LogP contribution in [0.4, 0.5) is 17.1 Å². The molecule has 19 heavy (non-hydrogen) atoms. The number of hydrogen-bond donors (Lipinski definition) is 3. The summed E-state index contributed by atoms with van der Waals surface area (Å²) >= 11 is 0. The lowest BCUT2D eigenvalue weighted by Gasteiger charge is -2.06. The number of nitrogens with zero attached hydrogens (tertiary/aromatic N) is 2. The quantitative estimate of drug-likeness (QED) is 0.428. The van der Waals surface area contributed by atoms with Crippen molar-refractivity contribution in [3.63, 3.8) is 0 Å². The highest BCUT2D eigenvalue weighted by Gasteiger charge is 2.26. The number of sulfonamides is 1. The Morgan fingerprint density at radius 3 is 2.74 bits per heavy atom. The fraction of sp³-hybridized carbons (Fsp3) is 0. The molecule has 10 heteroatoms. The molecule has 0 bridgehead atoms. The van der Waals surface area contributed by atoms with Gasteiger partial charge >= 0.3 is 0 Å². The highest BCUT2D eigenvalue weighted by Crippen LogP contribution is 2.27. The number of aromatic amines is 1. The van der Waals surface area contributed by atoms with Gasteiger partial charge in [0.05, 0.1) is 16.8 Å². The van der Waals surface area contributed by atoms with Crippen molar-refractivity contribution in [2.45, 2.75) is 4.90 Å². The van der Waals surface area contributed by atoms with Crippen LogP contribution in [0.3, 0.4) is 0 Å². The molecule has 0 aliphatic heterocycles. The van der Waals surface area contributed by atoms with Crippen molar-refractivity contribution in [2.24, 2.45) is 0 Å². The van der Waals surface area contributed by atoms with E-state index in [1.807, 2.05) is 0 Å². The van der Waals surface area contributed by atoms with Gasteiger partial charge in [0.2, 0.25) is 0 Å². The first-order chi connectivity index (χ1) is 8.90. The molecule has 0 amide bonds. The molecule has 0 spiro atoms. The Hall–Kier alpha value is -2.62. The normalized spacial score (nSPS) is 11.2. The third kappa shape index (κ3) is 2.63. The number of H-pyrrole nitrogens is 1. The van der Waals surface area contributed by atoms with Crippen LogP contribution < -0.4 is 10.5 Å². The number of anilines is 2. The molecule has 0 saturated carbocycles. The highest BCUT2D eigenvalue weighted by atomic mass is 32.2. The summed E-state index contributed by atoms with van der Waals surface area (Å²) < 4.78 is 26.2. The molecule has 1 heterocycles. The van der Waals surface area contributed by atoms with Gasteiger partial charge in [-0.05, 0) is 12.1 Å². The summed E-state index contributed by atoms with van der Waals surface area (Å²) in [6.45, 7) is 0. The van der Waals surface area contributed by atoms with Gasteiger partial charge in [0.1, 0.15) is 0 Å². The third-order valence-electron chi connectivity index (χ3n) is 2.22. The number of nitro groups is 1. The molecular weight excluding hydrogens is 274 g/mol. The predicted octanol–water partition coefficient (Wildman–Crippen LogP) is 0.701. The zero-order chi connectivity index (χ0) is 14.0. The Morgan fingerprint density at radius 2 is 2.16 bits per heavy atom. The lowest BCUT2D eigenvalue weighted by atomic mass is 10.3. The molecule has 2 aromatic rings. The van der Waals surface area contributed by atoms with Crippen LogP contribution in [0, 0.1) is 10.1 Å². The lowest BCUT2D eigenvalue weighted by Crippen LogP contribution is -2.14. The van der Waals surface area contributed by atoms with Gasteiger partial charge in [-0.3, -0.25) is 19.9 Å². The van der Waals surface area contributed by atoms with E-state index in [2.05, 4.69) is 14.9 Å². The van der Waals surface area contributed by atoms with E-state index in [1.54, 1.807) is 0 Å². The van der Waals surface area contributed by atoms with E-state index >= 15 is 0 Å². The SMILES string of the molecule is Nc1ccc(S(=O)(=O)Nc2cn[nH]c2)c([N+](=O)[O-])c1. The summed E-state index contributed by atoms with van der Waals surface area (Å²) in [5, 5.41) is 16.8. The van der Waals surface area contributed by atoms with Gasteiger partial charge in [0.25, 0.3) is 15.7 Å². The number of nitrogen functional groups attached to an aromatic ring is 1. The molecule has 0 atom stereocenters. The second kappa shape index (κ2) is 4.57. The highest BCUT2D eigenvalue weighted by molar-refractivity contribution is 7.92. The summed E-state index contributed by atoms with van der Waals surface area (Å²) in [6, 6.07) is 3.34. The molecular formula is C9H9N5O4S. The number of nitrogens with one attached hydrogen (secondary N) is 2. The Kier molecular flexibility index (Phi) is 3.09. The van der Waals surface area contributed by atoms with E-state index in [0.717, 1.165) is 12.1 Å². The van der Waals surface area contributed by atoms with Crippen molar-refractivity contribution in [3.8, 4) is 0 Å². The Labute approximate surface area is 107 Å². The smallest absolute Gasteiger partial charge is 0.291 e. The average molecular weight is 283 g/mol. The van der Waals surface area contributed by atoms with Crippen LogP contribution in [0.15, 0.2) is 35.5 Å². The van der Waals surface area contributed by atoms with Crippen molar-refractivity contribution in [3.05, 3.63) is 40.7 Å². The summed E-state index contributed by atoms with van der Waals surface area (Å²) in [7, 11) is -4.08. The minimum absolute atomic E-state index is 0.106. The van der Waals surface area contributed by atoms with Crippen molar-refractivity contribution in [1.82, 2.24) is 10.2 Å². The maximum atomic E-state index is 12.0. The molecule has 0 radical (unpaired) electrons. The third-order valence-corrected chi connectivity index (χ3v) is 3.65. The van der Waals surface area contributed by atoms with E-state index in [9.17, 15) is 18.5 Å². The van der Waals surface area contributed by atoms with Gasteiger partial charge in [-0.1, -0.05) is 0 Å². The lowest BCUT2D eigenvalue weighted by molar-refractivity contribution is -0.387. The summed E-state index contributed by atoms with van der Waals surface area (Å²) in [5.74, 6) is 0. The van der Waals surface area contributed by atoms with Crippen LogP contribution in [0.2, 0.25) is 0 Å². The molecule has 4 N–H and O–H groups in total. The molecule has 0 saturated heterocycles. The van der Waals surface area contributed by atoms with Gasteiger partial charge in [0, 0.05) is 18.0 Å². The van der Waals surface area contributed by atoms with E-state index in [1.165, 1.54) is 18.5 Å². The first kappa shape index (κ1) is 12.8. The van der Waals surface area contributed by atoms with Gasteiger partial charge in [-0.15, -0.1) is 0 Å². The van der Waals surface area contributed by atoms with Crippen LogP contribution in [0.1, 0.15) is 0 Å². The van der Waals surface area contributed by atoms with Crippen molar-refractivity contribution >= 4 is 27.1 Å². The van der Waals surface area contributed by atoms with E-state index in [0.29, 0.717) is 0 Å². The number of nitro benzene ring substituents is 1. The number of hydrogen-bond acceptors (Lipinski definition) is 6. The molecule has 2 rings (SSSR count). The number of nitrogens with two attached hydrogens (primary N) is 1. The van der Waals surface area contributed by atoms with Crippen LogP contribution in [-0.4, -0.2) is 23.5 Å². The molecule has 0 unspecified atom stereocenters. The Morgan fingerprint density at radius 1 is 1.42 bits per heavy atom. The monoisotopic (exact) mass is 283 g/mol. The van der Waals surface area contributed by atoms with Crippen LogP contribution >= 0.6 is 0 Å². The maximum absolute atomic E-state index is 12.0. The Bertz CT molecular complexity index is 710. The number of aromatic nitrogens is 2. The zero-order valence-corrected chi connectivity index (χ0v) is 10.2. The zero-order valence-electron chi connectivity index (χ0n) is 9.40. The molecule has 0 aliphatic carbocycles. The standard InChI is InChI=1S/C9H9N5O4S/c10-6-1-2-9(8(3-6)14(15)16)19(17,18)13-7-4-11-12-5-7/h1-5,13H,10H2,(H,11,12). The van der Waals surface area contributed by atoms with Crippen molar-refractivity contribution in [2.75, 3.05) is 10.5 Å².